The van der Waals surface area contributed by atoms with E-state index >= 15 is 0 Å². The van der Waals surface area contributed by atoms with Crippen molar-refractivity contribution in [3.8, 4) is 11.5 Å². The maximum atomic E-state index is 13.3. The zero-order chi connectivity index (χ0) is 24.5. The van der Waals surface area contributed by atoms with Gasteiger partial charge in [0.25, 0.3) is 0 Å². The van der Waals surface area contributed by atoms with E-state index in [0.717, 1.165) is 0 Å². The second-order valence-electron chi connectivity index (χ2n) is 9.71. The number of hydrogen-bond donors (Lipinski definition) is 5. The van der Waals surface area contributed by atoms with Crippen LogP contribution in [0, 0.1) is 0 Å². The van der Waals surface area contributed by atoms with Crippen molar-refractivity contribution in [3.63, 3.8) is 0 Å². The molecule has 1 saturated heterocycles. The Bertz CT molecular complexity index is 1190. The maximum Gasteiger partial charge on any atom is 0.198 e. The molecule has 1 heterocycles. The van der Waals surface area contributed by atoms with Gasteiger partial charge >= 0.3 is 0 Å². The van der Waals surface area contributed by atoms with E-state index in [4.69, 9.17) is 15.2 Å². The summed E-state index contributed by atoms with van der Waals surface area (Å²) >= 11 is 0. The smallest absolute Gasteiger partial charge is 0.198 e. The van der Waals surface area contributed by atoms with Crippen molar-refractivity contribution in [2.24, 2.45) is 5.73 Å². The van der Waals surface area contributed by atoms with Crippen LogP contribution in [-0.2, 0) is 15.9 Å². The molecule has 0 amide bonds. The van der Waals surface area contributed by atoms with Gasteiger partial charge in [-0.3, -0.25) is 9.59 Å². The molecule has 2 aliphatic carbocycles. The lowest BCUT2D eigenvalue weighted by Gasteiger charge is -2.41. The number of carbonyl (C=O) groups excluding carboxylic acids is 2. The molecule has 0 spiro atoms. The van der Waals surface area contributed by atoms with E-state index in [1.54, 1.807) is 26.0 Å². The van der Waals surface area contributed by atoms with Crippen LogP contribution in [0.2, 0.25) is 0 Å². The molecule has 3 aliphatic rings. The van der Waals surface area contributed by atoms with E-state index in [2.05, 4.69) is 0 Å². The molecule has 5 rings (SSSR count). The van der Waals surface area contributed by atoms with Gasteiger partial charge < -0.3 is 35.6 Å². The minimum absolute atomic E-state index is 0.0382. The van der Waals surface area contributed by atoms with Gasteiger partial charge in [-0.1, -0.05) is 24.3 Å². The number of phenolic OH excluding ortho intramolecular Hbond substituents is 2. The molecule has 2 aromatic carbocycles. The van der Waals surface area contributed by atoms with Crippen LogP contribution < -0.4 is 5.73 Å². The maximum absolute atomic E-state index is 13.3. The molecule has 180 valence electrons. The Labute approximate surface area is 195 Å². The molecule has 0 radical (unpaired) electrons. The number of rotatable bonds is 2. The van der Waals surface area contributed by atoms with Gasteiger partial charge in [0.1, 0.15) is 11.5 Å². The minimum atomic E-state index is -1.34. The van der Waals surface area contributed by atoms with Gasteiger partial charge in [-0.15, -0.1) is 0 Å². The molecule has 6 N–H and O–H groups in total. The second-order valence-corrected chi connectivity index (χ2v) is 9.71. The average molecular weight is 469 g/mol. The first-order valence-corrected chi connectivity index (χ1v) is 11.3. The summed E-state index contributed by atoms with van der Waals surface area (Å²) in [6.45, 7) is 3.22. The number of aliphatic hydroxyl groups is 2. The molecule has 34 heavy (non-hydrogen) atoms. The normalized spacial score (nSPS) is 32.7. The predicted molar refractivity (Wildman–Crippen MR) is 119 cm³/mol. The fraction of sp³-hybridized carbons (Fsp3) is 0.440. The van der Waals surface area contributed by atoms with Crippen molar-refractivity contribution in [1.29, 1.82) is 0 Å². The van der Waals surface area contributed by atoms with Crippen molar-refractivity contribution < 1.29 is 39.5 Å². The largest absolute Gasteiger partial charge is 0.507 e. The zero-order valence-electron chi connectivity index (χ0n) is 18.8. The molecule has 2 aromatic rings. The average Bonchev–Trinajstić information content (AvgIpc) is 2.77. The number of ketones is 2. The first-order valence-electron chi connectivity index (χ1n) is 11.3. The third kappa shape index (κ3) is 3.43. The number of fused-ring (bicyclic) bond motifs is 3. The van der Waals surface area contributed by atoms with Gasteiger partial charge in [-0.2, -0.15) is 0 Å². The molecule has 0 aromatic heterocycles. The van der Waals surface area contributed by atoms with Gasteiger partial charge in [-0.25, -0.2) is 0 Å². The van der Waals surface area contributed by atoms with E-state index in [9.17, 15) is 30.0 Å². The van der Waals surface area contributed by atoms with Crippen LogP contribution in [0.15, 0.2) is 24.3 Å². The topological polar surface area (TPSA) is 160 Å². The summed E-state index contributed by atoms with van der Waals surface area (Å²) in [5.74, 6) is -2.06. The summed E-state index contributed by atoms with van der Waals surface area (Å²) in [7, 11) is 0. The Kier molecular flexibility index (Phi) is 5.30. The first-order chi connectivity index (χ1) is 16.0. The first kappa shape index (κ1) is 22.9. The molecule has 0 saturated carbocycles. The van der Waals surface area contributed by atoms with Crippen LogP contribution in [0.5, 0.6) is 11.5 Å². The molecule has 0 bridgehead atoms. The van der Waals surface area contributed by atoms with Crippen LogP contribution >= 0.6 is 0 Å². The van der Waals surface area contributed by atoms with Crippen LogP contribution in [-0.4, -0.2) is 62.1 Å². The quantitative estimate of drug-likeness (QED) is 0.350. The Morgan fingerprint density at radius 1 is 1.09 bits per heavy atom. The van der Waals surface area contributed by atoms with Crippen LogP contribution in [0.4, 0.5) is 0 Å². The second kappa shape index (κ2) is 7.86. The van der Waals surface area contributed by atoms with Gasteiger partial charge in [0.2, 0.25) is 0 Å². The van der Waals surface area contributed by atoms with Gasteiger partial charge in [0, 0.05) is 47.6 Å². The Morgan fingerprint density at radius 3 is 2.26 bits per heavy atom. The highest BCUT2D eigenvalue weighted by Crippen LogP contribution is 2.51. The van der Waals surface area contributed by atoms with E-state index in [1.807, 2.05) is 0 Å². The van der Waals surface area contributed by atoms with E-state index in [1.165, 1.54) is 12.1 Å². The number of phenols is 2. The number of benzene rings is 2. The fourth-order valence-corrected chi connectivity index (χ4v) is 5.34. The van der Waals surface area contributed by atoms with Crippen LogP contribution in [0.25, 0.3) is 0 Å². The summed E-state index contributed by atoms with van der Waals surface area (Å²) in [5.41, 5.74) is 4.68. The highest BCUT2D eigenvalue weighted by atomic mass is 16.7. The molecule has 9 nitrogen and oxygen atoms in total. The monoisotopic (exact) mass is 469 g/mol. The summed E-state index contributed by atoms with van der Waals surface area (Å²) in [5, 5.41) is 43.4. The number of nitrogens with two attached hydrogens (primary N) is 1. The zero-order valence-corrected chi connectivity index (χ0v) is 18.8. The molecule has 2 unspecified atom stereocenters. The minimum Gasteiger partial charge on any atom is -0.507 e. The summed E-state index contributed by atoms with van der Waals surface area (Å²) in [6, 6.07) is 5.63. The molecular weight excluding hydrogens is 442 g/mol. The highest BCUT2D eigenvalue weighted by Gasteiger charge is 2.45. The molecule has 6 atom stereocenters. The predicted octanol–water partition coefficient (Wildman–Crippen LogP) is 1.45. The van der Waals surface area contributed by atoms with E-state index in [-0.39, 0.29) is 52.6 Å². The van der Waals surface area contributed by atoms with Crippen molar-refractivity contribution in [1.82, 2.24) is 0 Å². The fourth-order valence-electron chi connectivity index (χ4n) is 5.34. The lowest BCUT2D eigenvalue weighted by atomic mass is 9.73. The van der Waals surface area contributed by atoms with Crippen molar-refractivity contribution in [3.05, 3.63) is 57.6 Å². The lowest BCUT2D eigenvalue weighted by Crippen LogP contribution is -2.52. The van der Waals surface area contributed by atoms with Crippen molar-refractivity contribution >= 4 is 11.6 Å². The summed E-state index contributed by atoms with van der Waals surface area (Å²) in [6.07, 6.45) is -3.13. The number of aromatic hydroxyl groups is 2. The summed E-state index contributed by atoms with van der Waals surface area (Å²) < 4.78 is 11.8. The number of aliphatic hydroxyl groups excluding tert-OH is 1. The van der Waals surface area contributed by atoms with Gasteiger partial charge in [0.05, 0.1) is 35.0 Å². The number of hydrogen-bond acceptors (Lipinski definition) is 9. The van der Waals surface area contributed by atoms with E-state index in [0.29, 0.717) is 0 Å². The van der Waals surface area contributed by atoms with Gasteiger partial charge in [0.15, 0.2) is 17.9 Å². The molecular formula is C25H27NO8. The Hall–Kier alpha value is -2.82. The van der Waals surface area contributed by atoms with Gasteiger partial charge in [-0.05, 0) is 13.8 Å². The van der Waals surface area contributed by atoms with Crippen LogP contribution in [0.1, 0.15) is 75.8 Å². The Morgan fingerprint density at radius 2 is 1.68 bits per heavy atom. The number of ether oxygens (including phenoxy) is 2. The van der Waals surface area contributed by atoms with Crippen LogP contribution in [0.3, 0.4) is 0 Å². The Balaban J connectivity index is 1.63. The highest BCUT2D eigenvalue weighted by molar-refractivity contribution is 6.30. The third-order valence-corrected chi connectivity index (χ3v) is 7.03. The number of carbonyl (C=O) groups is 2. The third-order valence-electron chi connectivity index (χ3n) is 7.03. The standard InChI is InChI=1S/C25H27NO8/c1-10-20(27)14(26)7-16(33-10)34-15-9-25(2,32)8-13-17(15)24(31)19-18(23(13)30)21(28)11-5-3-4-6-12(11)22(19)29/h3-6,10,14-16,20,27,30-32H,7-9,26H2,1-2H3/t10-,14-,15?,16-,20-,25?/m0/s1. The lowest BCUT2D eigenvalue weighted by molar-refractivity contribution is -0.247. The molecule has 9 heteroatoms. The summed E-state index contributed by atoms with van der Waals surface area (Å²) in [4.78, 5) is 26.5. The van der Waals surface area contributed by atoms with Crippen molar-refractivity contribution in [2.75, 3.05) is 0 Å². The molecule has 1 aliphatic heterocycles. The molecule has 1 fully saturated rings. The van der Waals surface area contributed by atoms with E-state index < -0.39 is 59.3 Å². The van der Waals surface area contributed by atoms with Crippen molar-refractivity contribution in [2.45, 2.75) is 69.4 Å². The SMILES string of the molecule is C[C@@H]1O[C@@H](OC2CC(C)(O)Cc3c(O)c4c(c(O)c32)C(=O)c2ccccc2C4=O)C[C@H](N)[C@H]1O.